The molecule has 0 aliphatic carbocycles. The number of hydrogen-bond acceptors (Lipinski definition) is 4. The average Bonchev–Trinajstić information content (AvgIpc) is 2.48. The van der Waals surface area contributed by atoms with Crippen LogP contribution >= 0.6 is 0 Å². The summed E-state index contributed by atoms with van der Waals surface area (Å²) in [5.74, 6) is -0.597. The fourth-order valence-electron chi connectivity index (χ4n) is 1.78. The van der Waals surface area contributed by atoms with E-state index in [4.69, 9.17) is 10.5 Å². The number of benzene rings is 1. The second kappa shape index (κ2) is 9.10. The monoisotopic (exact) mass is 293 g/mol. The first-order valence-corrected chi connectivity index (χ1v) is 6.91. The molecule has 21 heavy (non-hydrogen) atoms. The lowest BCUT2D eigenvalue weighted by atomic mass is 10.1. The van der Waals surface area contributed by atoms with Gasteiger partial charge in [-0.15, -0.1) is 0 Å². The van der Waals surface area contributed by atoms with E-state index in [1.165, 1.54) is 0 Å². The summed E-state index contributed by atoms with van der Waals surface area (Å²) in [6.07, 6.45) is 0.435. The van der Waals surface area contributed by atoms with Crippen molar-refractivity contribution in [1.82, 2.24) is 10.6 Å². The number of methoxy groups -OCH3 is 1. The van der Waals surface area contributed by atoms with E-state index in [1.54, 1.807) is 14.0 Å². The normalized spacial score (nSPS) is 13.3. The van der Waals surface area contributed by atoms with Crippen LogP contribution in [0.25, 0.3) is 0 Å². The summed E-state index contributed by atoms with van der Waals surface area (Å²) in [4.78, 5) is 23.7. The Balaban J connectivity index is 2.39. The average molecular weight is 293 g/mol. The summed E-state index contributed by atoms with van der Waals surface area (Å²) >= 11 is 0. The minimum Gasteiger partial charge on any atom is -0.383 e. The van der Waals surface area contributed by atoms with Gasteiger partial charge in [-0.1, -0.05) is 30.3 Å². The van der Waals surface area contributed by atoms with Crippen molar-refractivity contribution in [2.45, 2.75) is 25.4 Å². The maximum absolute atomic E-state index is 12.0. The molecule has 0 aromatic heterocycles. The Morgan fingerprint density at radius 3 is 2.52 bits per heavy atom. The first-order valence-electron chi connectivity index (χ1n) is 6.91. The summed E-state index contributed by atoms with van der Waals surface area (Å²) in [6, 6.07) is 8.21. The van der Waals surface area contributed by atoms with Crippen LogP contribution in [0.15, 0.2) is 30.3 Å². The summed E-state index contributed by atoms with van der Waals surface area (Å²) in [5.41, 5.74) is 6.84. The van der Waals surface area contributed by atoms with Gasteiger partial charge in [0.25, 0.3) is 0 Å². The van der Waals surface area contributed by atoms with Crippen molar-refractivity contribution in [2.24, 2.45) is 5.73 Å². The molecule has 0 radical (unpaired) electrons. The number of rotatable bonds is 8. The molecule has 1 rings (SSSR count). The predicted octanol–water partition coefficient (Wildman–Crippen LogP) is -0.176. The minimum atomic E-state index is -0.679. The molecule has 116 valence electrons. The Morgan fingerprint density at radius 1 is 1.24 bits per heavy atom. The van der Waals surface area contributed by atoms with Crippen LogP contribution in [0.2, 0.25) is 0 Å². The van der Waals surface area contributed by atoms with Gasteiger partial charge in [0, 0.05) is 13.7 Å². The highest BCUT2D eigenvalue weighted by atomic mass is 16.5. The SMILES string of the molecule is COCCNC(=O)C(C)NC(=O)[C@@H](N)Cc1ccccc1. The van der Waals surface area contributed by atoms with Crippen molar-refractivity contribution in [1.29, 1.82) is 0 Å². The molecule has 0 fully saturated rings. The number of amides is 2. The molecule has 2 atom stereocenters. The third-order valence-electron chi connectivity index (χ3n) is 2.99. The molecule has 6 nitrogen and oxygen atoms in total. The predicted molar refractivity (Wildman–Crippen MR) is 80.6 cm³/mol. The van der Waals surface area contributed by atoms with Crippen LogP contribution in [0.4, 0.5) is 0 Å². The molecule has 4 N–H and O–H groups in total. The molecule has 0 saturated heterocycles. The Kier molecular flexibility index (Phi) is 7.42. The van der Waals surface area contributed by atoms with Crippen LogP contribution in [0, 0.1) is 0 Å². The van der Waals surface area contributed by atoms with Gasteiger partial charge in [-0.25, -0.2) is 0 Å². The molecule has 0 aliphatic rings. The van der Waals surface area contributed by atoms with E-state index in [0.717, 1.165) is 5.56 Å². The Hall–Kier alpha value is -1.92. The molecule has 0 heterocycles. The fourth-order valence-corrected chi connectivity index (χ4v) is 1.78. The van der Waals surface area contributed by atoms with Crippen molar-refractivity contribution in [3.05, 3.63) is 35.9 Å². The van der Waals surface area contributed by atoms with Crippen LogP contribution in [0.3, 0.4) is 0 Å². The first kappa shape index (κ1) is 17.1. The van der Waals surface area contributed by atoms with E-state index in [-0.39, 0.29) is 11.8 Å². The molecule has 1 unspecified atom stereocenters. The van der Waals surface area contributed by atoms with Gasteiger partial charge >= 0.3 is 0 Å². The molecule has 6 heteroatoms. The van der Waals surface area contributed by atoms with Gasteiger partial charge in [0.1, 0.15) is 6.04 Å². The Labute approximate surface area is 125 Å². The van der Waals surface area contributed by atoms with Gasteiger partial charge in [-0.05, 0) is 18.9 Å². The quantitative estimate of drug-likeness (QED) is 0.580. The highest BCUT2D eigenvalue weighted by molar-refractivity contribution is 5.89. The molecule has 0 bridgehead atoms. The summed E-state index contributed by atoms with van der Waals surface area (Å²) in [5, 5.41) is 5.27. The molecule has 2 amide bonds. The van der Waals surface area contributed by atoms with E-state index in [2.05, 4.69) is 10.6 Å². The molecule has 0 saturated carbocycles. The molecular weight excluding hydrogens is 270 g/mol. The molecule has 1 aromatic rings. The van der Waals surface area contributed by atoms with Gasteiger partial charge in [0.05, 0.1) is 12.6 Å². The number of nitrogens with two attached hydrogens (primary N) is 1. The summed E-state index contributed by atoms with van der Waals surface area (Å²) in [7, 11) is 1.56. The first-order chi connectivity index (χ1) is 10.0. The zero-order valence-corrected chi connectivity index (χ0v) is 12.5. The lowest BCUT2D eigenvalue weighted by molar-refractivity contribution is -0.129. The lowest BCUT2D eigenvalue weighted by Crippen LogP contribution is -2.51. The standard InChI is InChI=1S/C15H23N3O3/c1-11(14(19)17-8-9-21-2)18-15(20)13(16)10-12-6-4-3-5-7-12/h3-7,11,13H,8-10,16H2,1-2H3,(H,17,19)(H,18,20)/t11?,13-/m0/s1. The van der Waals surface area contributed by atoms with Crippen molar-refractivity contribution < 1.29 is 14.3 Å². The number of hydrogen-bond donors (Lipinski definition) is 3. The number of carbonyl (C=O) groups excluding carboxylic acids is 2. The topological polar surface area (TPSA) is 93.5 Å². The van der Waals surface area contributed by atoms with Crippen molar-refractivity contribution in [3.8, 4) is 0 Å². The molecule has 0 spiro atoms. The van der Waals surface area contributed by atoms with E-state index in [9.17, 15) is 9.59 Å². The van der Waals surface area contributed by atoms with Crippen LogP contribution in [0.5, 0.6) is 0 Å². The number of carbonyl (C=O) groups is 2. The maximum Gasteiger partial charge on any atom is 0.242 e. The number of ether oxygens (including phenoxy) is 1. The van der Waals surface area contributed by atoms with Gasteiger partial charge in [-0.2, -0.15) is 0 Å². The lowest BCUT2D eigenvalue weighted by Gasteiger charge is -2.17. The fraction of sp³-hybridized carbons (Fsp3) is 0.467. The van der Waals surface area contributed by atoms with E-state index in [1.807, 2.05) is 30.3 Å². The number of nitrogens with one attached hydrogen (secondary N) is 2. The Morgan fingerprint density at radius 2 is 1.90 bits per heavy atom. The summed E-state index contributed by atoms with van der Waals surface area (Å²) in [6.45, 7) is 2.46. The van der Waals surface area contributed by atoms with Gasteiger partial charge in [0.2, 0.25) is 11.8 Å². The van der Waals surface area contributed by atoms with Crippen LogP contribution in [-0.2, 0) is 20.7 Å². The third-order valence-corrected chi connectivity index (χ3v) is 2.99. The smallest absolute Gasteiger partial charge is 0.242 e. The molecule has 1 aromatic carbocycles. The summed E-state index contributed by atoms with van der Waals surface area (Å²) < 4.78 is 4.84. The molecular formula is C15H23N3O3. The van der Waals surface area contributed by atoms with E-state index in [0.29, 0.717) is 19.6 Å². The molecule has 0 aliphatic heterocycles. The van der Waals surface area contributed by atoms with Crippen molar-refractivity contribution in [2.75, 3.05) is 20.3 Å². The highest BCUT2D eigenvalue weighted by Gasteiger charge is 2.19. The second-order valence-electron chi connectivity index (χ2n) is 4.81. The van der Waals surface area contributed by atoms with Crippen molar-refractivity contribution in [3.63, 3.8) is 0 Å². The van der Waals surface area contributed by atoms with Gasteiger partial charge in [-0.3, -0.25) is 9.59 Å². The Bertz CT molecular complexity index is 451. The van der Waals surface area contributed by atoms with E-state index < -0.39 is 12.1 Å². The zero-order chi connectivity index (χ0) is 15.7. The van der Waals surface area contributed by atoms with Gasteiger partial charge < -0.3 is 21.1 Å². The van der Waals surface area contributed by atoms with Crippen LogP contribution < -0.4 is 16.4 Å². The zero-order valence-electron chi connectivity index (χ0n) is 12.5. The van der Waals surface area contributed by atoms with Crippen molar-refractivity contribution >= 4 is 11.8 Å². The van der Waals surface area contributed by atoms with Gasteiger partial charge in [0.15, 0.2) is 0 Å². The second-order valence-corrected chi connectivity index (χ2v) is 4.81. The van der Waals surface area contributed by atoms with E-state index >= 15 is 0 Å². The maximum atomic E-state index is 12.0. The third kappa shape index (κ3) is 6.37. The largest absolute Gasteiger partial charge is 0.383 e. The van der Waals surface area contributed by atoms with Crippen LogP contribution in [0.1, 0.15) is 12.5 Å². The van der Waals surface area contributed by atoms with Crippen LogP contribution in [-0.4, -0.2) is 44.2 Å². The highest BCUT2D eigenvalue weighted by Crippen LogP contribution is 2.02. The minimum absolute atomic E-state index is 0.257.